The maximum Gasteiger partial charge on any atom is 0.303 e. The lowest BCUT2D eigenvalue weighted by Gasteiger charge is -2.17. The monoisotopic (exact) mass is 488 g/mol. The van der Waals surface area contributed by atoms with Crippen LogP contribution in [0.4, 0.5) is 0 Å². The molecule has 1 aliphatic carbocycles. The molecular weight excluding hydrogens is 456 g/mol. The van der Waals surface area contributed by atoms with Gasteiger partial charge in [0.2, 0.25) is 0 Å². The van der Waals surface area contributed by atoms with Crippen molar-refractivity contribution in [1.29, 1.82) is 0 Å². The van der Waals surface area contributed by atoms with Gasteiger partial charge in [0.05, 0.1) is 6.54 Å². The fourth-order valence-corrected chi connectivity index (χ4v) is 5.20. The predicted octanol–water partition coefficient (Wildman–Crippen LogP) is 3.81. The molecular formula is C28H32N4O4. The van der Waals surface area contributed by atoms with Gasteiger partial charge in [0.1, 0.15) is 17.6 Å². The largest absolute Gasteiger partial charge is 0.481 e. The molecule has 2 aliphatic rings. The third kappa shape index (κ3) is 5.69. The minimum atomic E-state index is -0.699. The van der Waals surface area contributed by atoms with E-state index in [-0.39, 0.29) is 6.42 Å². The molecule has 5 rings (SSSR count). The Bertz CT molecular complexity index is 1240. The van der Waals surface area contributed by atoms with Gasteiger partial charge in [0, 0.05) is 55.0 Å². The van der Waals surface area contributed by atoms with E-state index < -0.39 is 12.1 Å². The fraction of sp³-hybridized carbons (Fsp3) is 0.464. The highest BCUT2D eigenvalue weighted by Gasteiger charge is 2.54. The summed E-state index contributed by atoms with van der Waals surface area (Å²) in [5.74, 6) is 9.30. The Kier molecular flexibility index (Phi) is 7.21. The van der Waals surface area contributed by atoms with Gasteiger partial charge in [-0.15, -0.1) is 0 Å². The fourth-order valence-electron chi connectivity index (χ4n) is 5.20. The third-order valence-electron chi connectivity index (χ3n) is 7.20. The van der Waals surface area contributed by atoms with E-state index >= 15 is 0 Å². The molecule has 2 fully saturated rings. The molecule has 3 atom stereocenters. The molecule has 3 heterocycles. The molecule has 2 N–H and O–H groups in total. The smallest absolute Gasteiger partial charge is 0.303 e. The number of aliphatic carboxylic acids is 1. The Morgan fingerprint density at radius 1 is 1.19 bits per heavy atom. The number of carboxylic acid groups (broad SMARTS) is 1. The summed E-state index contributed by atoms with van der Waals surface area (Å²) in [5, 5.41) is 22.7. The van der Waals surface area contributed by atoms with Gasteiger partial charge in [-0.2, -0.15) is 0 Å². The molecule has 8 nitrogen and oxygen atoms in total. The quantitative estimate of drug-likeness (QED) is 0.330. The molecule has 36 heavy (non-hydrogen) atoms. The Morgan fingerprint density at radius 2 is 1.97 bits per heavy atom. The minimum absolute atomic E-state index is 0.279. The van der Waals surface area contributed by atoms with Crippen molar-refractivity contribution in [3.63, 3.8) is 0 Å². The van der Waals surface area contributed by atoms with E-state index in [4.69, 9.17) is 9.63 Å². The topological polar surface area (TPSA) is 105 Å². The van der Waals surface area contributed by atoms with Crippen molar-refractivity contribution in [2.45, 2.75) is 45.3 Å². The van der Waals surface area contributed by atoms with E-state index in [1.165, 1.54) is 0 Å². The summed E-state index contributed by atoms with van der Waals surface area (Å²) in [6.07, 6.45) is 5.96. The summed E-state index contributed by atoms with van der Waals surface area (Å²) < 4.78 is 7.41. The van der Waals surface area contributed by atoms with E-state index in [0.29, 0.717) is 35.9 Å². The molecule has 3 aromatic rings. The third-order valence-corrected chi connectivity index (χ3v) is 7.20. The van der Waals surface area contributed by atoms with Gasteiger partial charge >= 0.3 is 5.97 Å². The maximum atomic E-state index is 10.6. The average Bonchev–Trinajstić information content (AvgIpc) is 3.33. The number of unbranched alkanes of at least 4 members (excludes halogenated alkanes) is 2. The van der Waals surface area contributed by atoms with Crippen molar-refractivity contribution in [1.82, 2.24) is 19.6 Å². The summed E-state index contributed by atoms with van der Waals surface area (Å²) in [6, 6.07) is 9.97. The number of aliphatic hydroxyl groups excluding tert-OH is 1. The highest BCUT2D eigenvalue weighted by atomic mass is 16.5. The number of rotatable bonds is 10. The van der Waals surface area contributed by atoms with Crippen LogP contribution in [0.5, 0.6) is 0 Å². The Hall–Kier alpha value is -3.41. The standard InChI is InChI=1S/C28H32N4O4/c1-19(33)28-29-12-14-32(28)16-22-15-26(36-30-22)21-9-6-20(7-10-21)8-11-23-24-17-31(18-25(23)24)13-4-2-3-5-27(34)35/h6-7,9-10,12,14-15,19,23-25,33H,2-5,13,16-18H2,1H3,(H,34,35)/t19-,23?,24?,25?/m0/s1. The second kappa shape index (κ2) is 10.7. The molecule has 0 radical (unpaired) electrons. The van der Waals surface area contributed by atoms with Gasteiger partial charge in [-0.25, -0.2) is 4.98 Å². The summed E-state index contributed by atoms with van der Waals surface area (Å²) >= 11 is 0. The van der Waals surface area contributed by atoms with Crippen molar-refractivity contribution < 1.29 is 19.5 Å². The van der Waals surface area contributed by atoms with Crippen LogP contribution in [0.3, 0.4) is 0 Å². The molecule has 188 valence electrons. The second-order valence-electron chi connectivity index (χ2n) is 9.94. The lowest BCUT2D eigenvalue weighted by atomic mass is 10.1. The maximum absolute atomic E-state index is 10.6. The van der Waals surface area contributed by atoms with Gasteiger partial charge < -0.3 is 24.2 Å². The van der Waals surface area contributed by atoms with Gasteiger partial charge in [-0.3, -0.25) is 4.79 Å². The van der Waals surface area contributed by atoms with Gasteiger partial charge in [-0.1, -0.05) is 23.4 Å². The van der Waals surface area contributed by atoms with Crippen molar-refractivity contribution in [2.24, 2.45) is 17.8 Å². The molecule has 1 aliphatic heterocycles. The molecule has 2 aromatic heterocycles. The number of aliphatic hydroxyl groups is 1. The van der Waals surface area contributed by atoms with Crippen LogP contribution in [-0.2, 0) is 11.3 Å². The Morgan fingerprint density at radius 3 is 2.69 bits per heavy atom. The molecule has 2 unspecified atom stereocenters. The van der Waals surface area contributed by atoms with E-state index in [1.54, 1.807) is 13.1 Å². The number of hydrogen-bond donors (Lipinski definition) is 2. The average molecular weight is 489 g/mol. The number of carboxylic acids is 1. The first kappa shape index (κ1) is 24.3. The zero-order chi connectivity index (χ0) is 25.1. The number of hydrogen-bond acceptors (Lipinski definition) is 6. The lowest BCUT2D eigenvalue weighted by molar-refractivity contribution is -0.137. The van der Waals surface area contributed by atoms with Crippen molar-refractivity contribution in [3.05, 3.63) is 59.8 Å². The summed E-state index contributed by atoms with van der Waals surface area (Å²) in [6.45, 7) is 5.49. The van der Waals surface area contributed by atoms with Gasteiger partial charge in [0.25, 0.3) is 0 Å². The first-order valence-corrected chi connectivity index (χ1v) is 12.7. The number of fused-ring (bicyclic) bond motifs is 1. The predicted molar refractivity (Wildman–Crippen MR) is 134 cm³/mol. The molecule has 0 bridgehead atoms. The molecule has 8 heteroatoms. The minimum Gasteiger partial charge on any atom is -0.481 e. The van der Waals surface area contributed by atoms with Crippen molar-refractivity contribution in [2.75, 3.05) is 19.6 Å². The Balaban J connectivity index is 1.09. The van der Waals surface area contributed by atoms with Crippen LogP contribution in [0.15, 0.2) is 47.2 Å². The summed E-state index contributed by atoms with van der Waals surface area (Å²) in [7, 11) is 0. The number of likely N-dealkylation sites (tertiary alicyclic amines) is 1. The normalized spacial score (nSPS) is 21.6. The van der Waals surface area contributed by atoms with E-state index in [2.05, 4.69) is 26.9 Å². The lowest BCUT2D eigenvalue weighted by Crippen LogP contribution is -2.25. The Labute approximate surface area is 210 Å². The zero-order valence-electron chi connectivity index (χ0n) is 20.5. The highest BCUT2D eigenvalue weighted by Crippen LogP contribution is 2.51. The van der Waals surface area contributed by atoms with Crippen molar-refractivity contribution >= 4 is 5.97 Å². The van der Waals surface area contributed by atoms with E-state index in [1.807, 2.05) is 41.1 Å². The molecule has 1 saturated heterocycles. The summed E-state index contributed by atoms with van der Waals surface area (Å²) in [5.41, 5.74) is 2.71. The van der Waals surface area contributed by atoms with Crippen molar-refractivity contribution in [3.8, 4) is 23.2 Å². The SMILES string of the molecule is C[C@H](O)c1nccn1Cc1cc(-c2ccc(C#CC3C4CN(CCCCCC(=O)O)CC34)cc2)on1. The first-order valence-electron chi connectivity index (χ1n) is 12.7. The number of carbonyl (C=O) groups is 1. The van der Waals surface area contributed by atoms with Crippen LogP contribution in [0.2, 0.25) is 0 Å². The van der Waals surface area contributed by atoms with E-state index in [9.17, 15) is 9.90 Å². The number of aromatic nitrogens is 3. The van der Waals surface area contributed by atoms with Crippen LogP contribution in [0, 0.1) is 29.6 Å². The van der Waals surface area contributed by atoms with Gasteiger partial charge in [-0.05, 0) is 62.4 Å². The number of benzene rings is 1. The van der Waals surface area contributed by atoms with Crippen LogP contribution in [0.1, 0.15) is 55.8 Å². The van der Waals surface area contributed by atoms with Crippen LogP contribution in [-0.4, -0.2) is 55.4 Å². The second-order valence-corrected chi connectivity index (χ2v) is 9.94. The number of imidazole rings is 1. The first-order chi connectivity index (χ1) is 17.5. The van der Waals surface area contributed by atoms with Crippen LogP contribution < -0.4 is 0 Å². The van der Waals surface area contributed by atoms with E-state index in [0.717, 1.165) is 55.7 Å². The van der Waals surface area contributed by atoms with Crippen LogP contribution in [0.25, 0.3) is 11.3 Å². The highest BCUT2D eigenvalue weighted by molar-refractivity contribution is 5.66. The number of piperidine rings is 1. The molecule has 0 spiro atoms. The molecule has 1 saturated carbocycles. The summed E-state index contributed by atoms with van der Waals surface area (Å²) in [4.78, 5) is 17.3. The zero-order valence-corrected chi connectivity index (χ0v) is 20.5. The number of nitrogens with zero attached hydrogens (tertiary/aromatic N) is 4. The van der Waals surface area contributed by atoms with Crippen LogP contribution >= 0.6 is 0 Å². The molecule has 1 aromatic carbocycles. The molecule has 0 amide bonds. The van der Waals surface area contributed by atoms with Gasteiger partial charge in [0.15, 0.2) is 5.76 Å².